The predicted molar refractivity (Wildman–Crippen MR) is 117 cm³/mol. The Labute approximate surface area is 179 Å². The van der Waals surface area contributed by atoms with Crippen molar-refractivity contribution in [3.63, 3.8) is 0 Å². The molecule has 3 fully saturated rings. The summed E-state index contributed by atoms with van der Waals surface area (Å²) in [5.74, 6) is 1.39. The third kappa shape index (κ3) is 4.48. The molecule has 4 nitrogen and oxygen atoms in total. The van der Waals surface area contributed by atoms with Gasteiger partial charge in [-0.05, 0) is 69.1 Å². The van der Waals surface area contributed by atoms with Crippen LogP contribution in [0.25, 0.3) is 0 Å². The van der Waals surface area contributed by atoms with E-state index in [4.69, 9.17) is 0 Å². The summed E-state index contributed by atoms with van der Waals surface area (Å²) < 4.78 is 0. The number of rotatable bonds is 4. The van der Waals surface area contributed by atoms with Crippen molar-refractivity contribution in [3.8, 4) is 0 Å². The fourth-order valence-electron chi connectivity index (χ4n) is 5.47. The average molecular weight is 434 g/mol. The first-order valence-corrected chi connectivity index (χ1v) is 10.8. The average Bonchev–Trinajstić information content (AvgIpc) is 3.29. The number of hydrogen-bond donors (Lipinski definition) is 2. The van der Waals surface area contributed by atoms with Crippen molar-refractivity contribution in [3.05, 3.63) is 22.4 Å². The second-order valence-electron chi connectivity index (χ2n) is 8.28. The number of nitrogens with one attached hydrogen (secondary N) is 2. The normalized spacial score (nSPS) is 33.4. The molecule has 154 valence electrons. The number of amides is 1. The van der Waals surface area contributed by atoms with Crippen molar-refractivity contribution < 1.29 is 4.79 Å². The maximum Gasteiger partial charge on any atom is 0.227 e. The molecule has 2 aliphatic heterocycles. The minimum absolute atomic E-state index is 0. The largest absolute Gasteiger partial charge is 0.355 e. The topological polar surface area (TPSA) is 44.4 Å². The van der Waals surface area contributed by atoms with E-state index in [1.807, 2.05) is 11.3 Å². The van der Waals surface area contributed by atoms with E-state index < -0.39 is 0 Å². The second kappa shape index (κ2) is 9.93. The zero-order chi connectivity index (χ0) is 17.3. The minimum atomic E-state index is -0.128. The van der Waals surface area contributed by atoms with Crippen LogP contribution in [0, 0.1) is 17.3 Å². The zero-order valence-electron chi connectivity index (χ0n) is 16.1. The highest BCUT2D eigenvalue weighted by molar-refractivity contribution is 7.10. The lowest BCUT2D eigenvalue weighted by atomic mass is 9.67. The molecule has 4 rings (SSSR count). The molecular weight excluding hydrogens is 401 g/mol. The number of carbonyl (C=O) groups excluding carboxylic acids is 1. The number of nitrogens with zero attached hydrogens (tertiary/aromatic N) is 1. The van der Waals surface area contributed by atoms with Crippen LogP contribution in [0.3, 0.4) is 0 Å². The number of carbonyl (C=O) groups is 1. The van der Waals surface area contributed by atoms with Gasteiger partial charge < -0.3 is 10.6 Å². The maximum absolute atomic E-state index is 13.2. The zero-order valence-corrected chi connectivity index (χ0v) is 18.6. The van der Waals surface area contributed by atoms with Gasteiger partial charge in [-0.3, -0.25) is 9.69 Å². The van der Waals surface area contributed by atoms with E-state index in [0.29, 0.717) is 23.8 Å². The summed E-state index contributed by atoms with van der Waals surface area (Å²) in [5, 5.41) is 9.06. The number of halogens is 2. The van der Waals surface area contributed by atoms with Crippen molar-refractivity contribution in [1.82, 2.24) is 15.5 Å². The van der Waals surface area contributed by atoms with Crippen LogP contribution in [0.5, 0.6) is 0 Å². The molecule has 0 spiro atoms. The Balaban J connectivity index is 0.00000131. The molecule has 1 aromatic heterocycles. The standard InChI is InChI=1S/C20H31N3OS.2ClH/c1-23-10-4-6-15(18(23)17-8-5-11-25-17)12-22-19(24)20-9-3-2-7-16(20)13-21-14-20;;/h5,8,11,15-16,18,21H,2-4,6-7,9-10,12-14H2,1H3,(H,22,24);2*1H/t15?,16-,18?,20+;;/m0../s1. The molecule has 1 amide bonds. The third-order valence-corrected chi connectivity index (χ3v) is 7.80. The van der Waals surface area contributed by atoms with Crippen molar-refractivity contribution in [2.45, 2.75) is 44.6 Å². The molecule has 4 atom stereocenters. The molecule has 0 bridgehead atoms. The van der Waals surface area contributed by atoms with Crippen LogP contribution < -0.4 is 10.6 Å². The fourth-order valence-corrected chi connectivity index (χ4v) is 6.46. The van der Waals surface area contributed by atoms with Crippen LogP contribution in [0.4, 0.5) is 0 Å². The van der Waals surface area contributed by atoms with Gasteiger partial charge in [0, 0.05) is 24.0 Å². The van der Waals surface area contributed by atoms with Gasteiger partial charge in [0.25, 0.3) is 0 Å². The summed E-state index contributed by atoms with van der Waals surface area (Å²) in [6, 6.07) is 4.85. The van der Waals surface area contributed by atoms with E-state index in [-0.39, 0.29) is 30.2 Å². The van der Waals surface area contributed by atoms with Gasteiger partial charge >= 0.3 is 0 Å². The van der Waals surface area contributed by atoms with E-state index in [1.54, 1.807) is 0 Å². The number of fused-ring (bicyclic) bond motifs is 1. The Hall–Kier alpha value is -0.330. The van der Waals surface area contributed by atoms with Gasteiger partial charge in [0.05, 0.1) is 5.41 Å². The molecule has 7 heteroatoms. The molecule has 0 aromatic carbocycles. The second-order valence-corrected chi connectivity index (χ2v) is 9.26. The van der Waals surface area contributed by atoms with E-state index >= 15 is 0 Å². The fraction of sp³-hybridized carbons (Fsp3) is 0.750. The van der Waals surface area contributed by atoms with E-state index in [0.717, 1.165) is 32.6 Å². The Bertz CT molecular complexity index is 600. The van der Waals surface area contributed by atoms with Gasteiger partial charge in [0.2, 0.25) is 5.91 Å². The molecule has 3 heterocycles. The Morgan fingerprint density at radius 1 is 1.33 bits per heavy atom. The summed E-state index contributed by atoms with van der Waals surface area (Å²) in [4.78, 5) is 17.1. The lowest BCUT2D eigenvalue weighted by molar-refractivity contribution is -0.134. The van der Waals surface area contributed by atoms with Crippen LogP contribution in [-0.2, 0) is 4.79 Å². The lowest BCUT2D eigenvalue weighted by Gasteiger charge is -2.41. The summed E-state index contributed by atoms with van der Waals surface area (Å²) in [5.41, 5.74) is -0.128. The van der Waals surface area contributed by atoms with Crippen molar-refractivity contribution in [1.29, 1.82) is 0 Å². The summed E-state index contributed by atoms with van der Waals surface area (Å²) >= 11 is 1.85. The number of likely N-dealkylation sites (tertiary alicyclic amines) is 1. The smallest absolute Gasteiger partial charge is 0.227 e. The molecule has 27 heavy (non-hydrogen) atoms. The Morgan fingerprint density at radius 3 is 2.96 bits per heavy atom. The molecule has 2 unspecified atom stereocenters. The molecule has 1 aliphatic carbocycles. The summed E-state index contributed by atoms with van der Waals surface area (Å²) in [6.07, 6.45) is 7.21. The highest BCUT2D eigenvalue weighted by Gasteiger charge is 2.49. The van der Waals surface area contributed by atoms with Crippen LogP contribution in [0.2, 0.25) is 0 Å². The third-order valence-electron chi connectivity index (χ3n) is 6.86. The quantitative estimate of drug-likeness (QED) is 0.756. The van der Waals surface area contributed by atoms with Gasteiger partial charge in [0.1, 0.15) is 0 Å². The summed E-state index contributed by atoms with van der Waals surface area (Å²) in [6.45, 7) is 3.88. The van der Waals surface area contributed by atoms with E-state index in [9.17, 15) is 4.79 Å². The number of thiophene rings is 1. The summed E-state index contributed by atoms with van der Waals surface area (Å²) in [7, 11) is 2.23. The van der Waals surface area contributed by atoms with Crippen LogP contribution in [-0.4, -0.2) is 44.0 Å². The van der Waals surface area contributed by atoms with E-state index in [2.05, 4.69) is 40.1 Å². The molecule has 0 radical (unpaired) electrons. The lowest BCUT2D eigenvalue weighted by Crippen LogP contribution is -2.50. The molecule has 2 saturated heterocycles. The highest BCUT2D eigenvalue weighted by atomic mass is 35.5. The van der Waals surface area contributed by atoms with Crippen LogP contribution in [0.1, 0.15) is 49.4 Å². The molecular formula is C20H33Cl2N3OS. The molecule has 2 N–H and O–H groups in total. The highest BCUT2D eigenvalue weighted by Crippen LogP contribution is 2.44. The molecule has 1 aromatic rings. The van der Waals surface area contributed by atoms with Gasteiger partial charge in [-0.2, -0.15) is 0 Å². The van der Waals surface area contributed by atoms with Gasteiger partial charge in [-0.25, -0.2) is 0 Å². The predicted octanol–water partition coefficient (Wildman–Crippen LogP) is 3.87. The maximum atomic E-state index is 13.2. The molecule has 1 saturated carbocycles. The van der Waals surface area contributed by atoms with Crippen molar-refractivity contribution >= 4 is 42.1 Å². The number of hydrogen-bond acceptors (Lipinski definition) is 4. The Kier molecular flexibility index (Phi) is 8.44. The van der Waals surface area contributed by atoms with Crippen LogP contribution in [0.15, 0.2) is 17.5 Å². The van der Waals surface area contributed by atoms with Gasteiger partial charge in [-0.15, -0.1) is 36.2 Å². The Morgan fingerprint density at radius 2 is 2.19 bits per heavy atom. The monoisotopic (exact) mass is 433 g/mol. The number of piperidine rings is 1. The first kappa shape index (κ1) is 23.0. The van der Waals surface area contributed by atoms with Gasteiger partial charge in [0.15, 0.2) is 0 Å². The van der Waals surface area contributed by atoms with Crippen molar-refractivity contribution in [2.75, 3.05) is 33.2 Å². The van der Waals surface area contributed by atoms with Crippen LogP contribution >= 0.6 is 36.2 Å². The first-order valence-electron chi connectivity index (χ1n) is 9.93. The minimum Gasteiger partial charge on any atom is -0.355 e. The molecule has 3 aliphatic rings. The van der Waals surface area contributed by atoms with Crippen molar-refractivity contribution in [2.24, 2.45) is 17.3 Å². The SMILES string of the molecule is CN1CCCC(CNC(=O)[C@@]23CCCC[C@H]2CNC3)C1c1cccs1.Cl.Cl. The van der Waals surface area contributed by atoms with E-state index in [1.165, 1.54) is 37.0 Å². The first-order chi connectivity index (χ1) is 12.2. The van der Waals surface area contributed by atoms with Gasteiger partial charge in [-0.1, -0.05) is 18.9 Å².